The fourth-order valence-corrected chi connectivity index (χ4v) is 4.00. The molecule has 7 heteroatoms. The fraction of sp³-hybridized carbons (Fsp3) is 0.500. The minimum atomic E-state index is 0. The van der Waals surface area contributed by atoms with Gasteiger partial charge in [0.25, 0.3) is 0 Å². The van der Waals surface area contributed by atoms with Crippen LogP contribution in [0.15, 0.2) is 41.5 Å². The fourth-order valence-electron chi connectivity index (χ4n) is 3.21. The summed E-state index contributed by atoms with van der Waals surface area (Å²) < 4.78 is 5.91. The molecule has 0 bridgehead atoms. The highest BCUT2D eigenvalue weighted by molar-refractivity contribution is 14.0. The average Bonchev–Trinajstić information content (AvgIpc) is 3.29. The zero-order chi connectivity index (χ0) is 18.2. The maximum atomic E-state index is 5.91. The number of benzene rings is 1. The van der Waals surface area contributed by atoms with Crippen LogP contribution in [0.25, 0.3) is 0 Å². The molecule has 0 saturated carbocycles. The summed E-state index contributed by atoms with van der Waals surface area (Å²) in [6.07, 6.45) is 4.03. The number of thiazole rings is 1. The van der Waals surface area contributed by atoms with Crippen LogP contribution < -0.4 is 5.32 Å². The molecular formula is C20H29IN4OS. The first kappa shape index (κ1) is 22.1. The molecule has 1 N–H and O–H groups in total. The van der Waals surface area contributed by atoms with Crippen LogP contribution in [-0.2, 0) is 17.8 Å². The Bertz CT molecular complexity index is 707. The molecule has 2 heterocycles. The molecular weight excluding hydrogens is 471 g/mol. The third-order valence-electron chi connectivity index (χ3n) is 4.55. The van der Waals surface area contributed by atoms with E-state index in [1.54, 1.807) is 11.3 Å². The molecule has 5 nitrogen and oxygen atoms in total. The summed E-state index contributed by atoms with van der Waals surface area (Å²) in [5.74, 6) is 1.56. The van der Waals surface area contributed by atoms with Gasteiger partial charge >= 0.3 is 0 Å². The Morgan fingerprint density at radius 2 is 2.19 bits per heavy atom. The van der Waals surface area contributed by atoms with E-state index in [4.69, 9.17) is 4.74 Å². The van der Waals surface area contributed by atoms with E-state index in [1.807, 2.05) is 19.3 Å². The zero-order valence-corrected chi connectivity index (χ0v) is 19.2. The van der Waals surface area contributed by atoms with E-state index in [9.17, 15) is 0 Å². The molecule has 1 atom stereocenters. The van der Waals surface area contributed by atoms with Gasteiger partial charge in [-0.15, -0.1) is 35.3 Å². The van der Waals surface area contributed by atoms with Crippen molar-refractivity contribution in [2.75, 3.05) is 33.3 Å². The first-order chi connectivity index (χ1) is 12.7. The van der Waals surface area contributed by atoms with E-state index in [0.717, 1.165) is 45.0 Å². The van der Waals surface area contributed by atoms with Crippen molar-refractivity contribution in [2.24, 2.45) is 10.9 Å². The maximum absolute atomic E-state index is 5.91. The third kappa shape index (κ3) is 7.04. The smallest absolute Gasteiger partial charge is 0.193 e. The summed E-state index contributed by atoms with van der Waals surface area (Å²) >= 11 is 1.77. The number of aromatic nitrogens is 1. The lowest BCUT2D eigenvalue weighted by Gasteiger charge is -2.21. The van der Waals surface area contributed by atoms with Gasteiger partial charge in [-0.05, 0) is 18.9 Å². The summed E-state index contributed by atoms with van der Waals surface area (Å²) in [6, 6.07) is 10.4. The number of likely N-dealkylation sites (tertiary alicyclic amines) is 1. The topological polar surface area (TPSA) is 49.8 Å². The molecule has 148 valence electrons. The largest absolute Gasteiger partial charge is 0.376 e. The second kappa shape index (κ2) is 11.6. The van der Waals surface area contributed by atoms with E-state index in [-0.39, 0.29) is 24.0 Å². The molecule has 2 aromatic rings. The minimum Gasteiger partial charge on any atom is -0.376 e. The van der Waals surface area contributed by atoms with Crippen LogP contribution in [0.3, 0.4) is 0 Å². The molecule has 1 aliphatic heterocycles. The highest BCUT2D eigenvalue weighted by Gasteiger charge is 2.24. The van der Waals surface area contributed by atoms with E-state index in [1.165, 1.54) is 15.4 Å². The normalized spacial score (nSPS) is 17.0. The van der Waals surface area contributed by atoms with Crippen LogP contribution in [0.2, 0.25) is 0 Å². The summed E-state index contributed by atoms with van der Waals surface area (Å²) in [6.45, 7) is 6.50. The number of ether oxygens (including phenoxy) is 1. The van der Waals surface area contributed by atoms with Crippen molar-refractivity contribution in [1.29, 1.82) is 0 Å². The number of hydrogen-bond acceptors (Lipinski definition) is 4. The summed E-state index contributed by atoms with van der Waals surface area (Å²) in [5, 5.41) is 4.65. The molecule has 0 radical (unpaired) electrons. The average molecular weight is 500 g/mol. The number of nitrogens with one attached hydrogen (secondary N) is 1. The monoisotopic (exact) mass is 500 g/mol. The van der Waals surface area contributed by atoms with E-state index in [2.05, 4.69) is 51.4 Å². The molecule has 1 saturated heterocycles. The number of guanidine groups is 1. The van der Waals surface area contributed by atoms with Gasteiger partial charge in [-0.1, -0.05) is 30.3 Å². The van der Waals surface area contributed by atoms with Gasteiger partial charge in [0.1, 0.15) is 0 Å². The molecule has 0 aliphatic carbocycles. The molecule has 3 rings (SSSR count). The van der Waals surface area contributed by atoms with Crippen LogP contribution in [0, 0.1) is 12.8 Å². The van der Waals surface area contributed by atoms with Gasteiger partial charge in [0.2, 0.25) is 0 Å². The van der Waals surface area contributed by atoms with Crippen molar-refractivity contribution < 1.29 is 4.74 Å². The van der Waals surface area contributed by atoms with E-state index in [0.29, 0.717) is 12.5 Å². The summed E-state index contributed by atoms with van der Waals surface area (Å²) in [4.78, 5) is 12.5. The van der Waals surface area contributed by atoms with Crippen molar-refractivity contribution >= 4 is 41.3 Å². The van der Waals surface area contributed by atoms with Crippen LogP contribution in [-0.4, -0.2) is 49.1 Å². The molecule has 1 aliphatic rings. The van der Waals surface area contributed by atoms with E-state index < -0.39 is 0 Å². The van der Waals surface area contributed by atoms with Crippen LogP contribution >= 0.6 is 35.3 Å². The second-order valence-electron chi connectivity index (χ2n) is 6.69. The lowest BCUT2D eigenvalue weighted by Crippen LogP contribution is -2.41. The first-order valence-electron chi connectivity index (χ1n) is 9.23. The molecule has 1 aromatic heterocycles. The van der Waals surface area contributed by atoms with Crippen LogP contribution in [0.5, 0.6) is 0 Å². The number of aryl methyl sites for hydroxylation is 1. The van der Waals surface area contributed by atoms with Gasteiger partial charge in [-0.25, -0.2) is 4.98 Å². The van der Waals surface area contributed by atoms with Gasteiger partial charge in [-0.3, -0.25) is 4.99 Å². The Labute approximate surface area is 183 Å². The predicted molar refractivity (Wildman–Crippen MR) is 123 cm³/mol. The number of aliphatic imine (C=N–C) groups is 1. The molecule has 1 unspecified atom stereocenters. The van der Waals surface area contributed by atoms with Crippen molar-refractivity contribution in [3.8, 4) is 0 Å². The van der Waals surface area contributed by atoms with Crippen LogP contribution in [0.4, 0.5) is 0 Å². The van der Waals surface area contributed by atoms with Gasteiger partial charge in [-0.2, -0.15) is 0 Å². The first-order valence-corrected chi connectivity index (χ1v) is 10.0. The maximum Gasteiger partial charge on any atom is 0.193 e. The zero-order valence-electron chi connectivity index (χ0n) is 16.1. The van der Waals surface area contributed by atoms with E-state index >= 15 is 0 Å². The summed E-state index contributed by atoms with van der Waals surface area (Å²) in [5.41, 5.74) is 1.23. The Kier molecular flexibility index (Phi) is 9.50. The molecule has 1 aromatic carbocycles. The molecule has 0 spiro atoms. The lowest BCUT2D eigenvalue weighted by molar-refractivity contribution is 0.0907. The third-order valence-corrected chi connectivity index (χ3v) is 5.53. The Balaban J connectivity index is 0.00000261. The van der Waals surface area contributed by atoms with Crippen molar-refractivity contribution in [3.63, 3.8) is 0 Å². The standard InChI is InChI=1S/C20H28N4OS.HI/c1-16-12-23-19(26-16)8-10-22-20(21-2)24-11-9-18(13-24)15-25-14-17-6-4-3-5-7-17;/h3-7,12,18H,8-11,13-15H2,1-2H3,(H,21,22);1H. The van der Waals surface area contributed by atoms with Gasteiger partial charge in [0.15, 0.2) is 5.96 Å². The number of hydrogen-bond donors (Lipinski definition) is 1. The van der Waals surface area contributed by atoms with Crippen molar-refractivity contribution in [3.05, 3.63) is 52.0 Å². The number of nitrogens with zero attached hydrogens (tertiary/aromatic N) is 3. The van der Waals surface area contributed by atoms with Gasteiger partial charge < -0.3 is 15.0 Å². The quantitative estimate of drug-likeness (QED) is 0.358. The Morgan fingerprint density at radius 3 is 2.89 bits per heavy atom. The second-order valence-corrected chi connectivity index (χ2v) is 8.01. The predicted octanol–water partition coefficient (Wildman–Crippen LogP) is 3.73. The molecule has 1 fully saturated rings. The summed E-state index contributed by atoms with van der Waals surface area (Å²) in [7, 11) is 1.86. The number of rotatable bonds is 7. The SMILES string of the molecule is CN=C(NCCc1ncc(C)s1)N1CCC(COCc2ccccc2)C1.I. The minimum absolute atomic E-state index is 0. The molecule has 27 heavy (non-hydrogen) atoms. The van der Waals surface area contributed by atoms with Crippen LogP contribution in [0.1, 0.15) is 21.9 Å². The lowest BCUT2D eigenvalue weighted by atomic mass is 10.1. The van der Waals surface area contributed by atoms with Gasteiger partial charge in [0.05, 0.1) is 18.2 Å². The molecule has 0 amide bonds. The highest BCUT2D eigenvalue weighted by atomic mass is 127. The highest BCUT2D eigenvalue weighted by Crippen LogP contribution is 2.17. The Hall–Kier alpha value is -1.19. The number of halogens is 1. The van der Waals surface area contributed by atoms with Gasteiger partial charge in [0, 0.05) is 50.1 Å². The van der Waals surface area contributed by atoms with Crippen molar-refractivity contribution in [2.45, 2.75) is 26.4 Å². The van der Waals surface area contributed by atoms with Crippen molar-refractivity contribution in [1.82, 2.24) is 15.2 Å². The Morgan fingerprint density at radius 1 is 1.37 bits per heavy atom.